The van der Waals surface area contributed by atoms with Gasteiger partial charge in [0.1, 0.15) is 16.2 Å². The molecule has 2 unspecified atom stereocenters. The first-order chi connectivity index (χ1) is 12.0. The first-order valence-corrected chi connectivity index (χ1v) is 11.0. The van der Waals surface area contributed by atoms with Crippen molar-refractivity contribution in [2.24, 2.45) is 11.8 Å². The number of anilines is 1. The number of piperidine rings is 1. The molecule has 0 radical (unpaired) electrons. The van der Waals surface area contributed by atoms with E-state index in [2.05, 4.69) is 14.9 Å². The molecule has 8 heteroatoms. The Labute approximate surface area is 148 Å². The molecule has 0 N–H and O–H groups in total. The minimum absolute atomic E-state index is 0.331. The van der Waals surface area contributed by atoms with Gasteiger partial charge in [-0.15, -0.1) is 0 Å². The highest BCUT2D eigenvalue weighted by Gasteiger charge is 2.40. The highest BCUT2D eigenvalue weighted by Crippen LogP contribution is 2.35. The molecular formula is C17H25FN4O2S. The van der Waals surface area contributed by atoms with Crippen LogP contribution in [0.2, 0.25) is 0 Å². The molecule has 0 spiro atoms. The van der Waals surface area contributed by atoms with Gasteiger partial charge in [-0.05, 0) is 44.1 Å². The predicted molar refractivity (Wildman–Crippen MR) is 93.7 cm³/mol. The molecule has 0 aromatic carbocycles. The molecule has 6 nitrogen and oxygen atoms in total. The summed E-state index contributed by atoms with van der Waals surface area (Å²) in [5, 5.41) is 0. The Balaban J connectivity index is 1.41. The average molecular weight is 368 g/mol. The van der Waals surface area contributed by atoms with E-state index in [0.717, 1.165) is 45.4 Å². The van der Waals surface area contributed by atoms with Gasteiger partial charge >= 0.3 is 0 Å². The molecule has 1 aromatic heterocycles. The molecule has 4 rings (SSSR count). The van der Waals surface area contributed by atoms with Gasteiger partial charge in [-0.1, -0.05) is 0 Å². The van der Waals surface area contributed by atoms with Crippen LogP contribution in [0.4, 0.5) is 10.2 Å². The number of likely N-dealkylation sites (tertiary alicyclic amines) is 1. The van der Waals surface area contributed by atoms with Crippen molar-refractivity contribution in [3.05, 3.63) is 18.3 Å². The van der Waals surface area contributed by atoms with Crippen molar-refractivity contribution in [2.45, 2.75) is 31.7 Å². The third-order valence-corrected chi connectivity index (χ3v) is 7.81. The summed E-state index contributed by atoms with van der Waals surface area (Å²) < 4.78 is 37.3. The van der Waals surface area contributed by atoms with E-state index in [4.69, 9.17) is 0 Å². The van der Waals surface area contributed by atoms with Crippen molar-refractivity contribution in [1.82, 2.24) is 14.9 Å². The van der Waals surface area contributed by atoms with Crippen molar-refractivity contribution in [1.29, 1.82) is 0 Å². The summed E-state index contributed by atoms with van der Waals surface area (Å²) in [5.41, 5.74) is 0. The maximum absolute atomic E-state index is 14.0. The van der Waals surface area contributed by atoms with Crippen LogP contribution >= 0.6 is 0 Å². The van der Waals surface area contributed by atoms with E-state index in [1.807, 2.05) is 4.90 Å². The number of aromatic nitrogens is 2. The molecule has 3 fully saturated rings. The van der Waals surface area contributed by atoms with Crippen LogP contribution in [0.5, 0.6) is 0 Å². The van der Waals surface area contributed by atoms with Gasteiger partial charge < -0.3 is 4.90 Å². The number of halogens is 1. The average Bonchev–Trinajstić information content (AvgIpc) is 2.99. The van der Waals surface area contributed by atoms with E-state index in [1.165, 1.54) is 18.9 Å². The molecule has 3 saturated heterocycles. The van der Waals surface area contributed by atoms with Crippen LogP contribution < -0.4 is 4.90 Å². The largest absolute Gasteiger partial charge is 0.352 e. The number of rotatable bonds is 3. The van der Waals surface area contributed by atoms with E-state index < -0.39 is 9.84 Å². The maximum atomic E-state index is 14.0. The van der Waals surface area contributed by atoms with Gasteiger partial charge in [-0.3, -0.25) is 4.90 Å². The molecule has 3 aliphatic heterocycles. The third kappa shape index (κ3) is 3.65. The second-order valence-electron chi connectivity index (χ2n) is 7.64. The summed E-state index contributed by atoms with van der Waals surface area (Å²) in [6.07, 6.45) is 6.43. The number of hydrogen-bond acceptors (Lipinski definition) is 6. The first kappa shape index (κ1) is 17.1. The summed E-state index contributed by atoms with van der Waals surface area (Å²) in [4.78, 5) is 12.4. The van der Waals surface area contributed by atoms with E-state index in [-0.39, 0.29) is 5.82 Å². The number of hydrogen-bond donors (Lipinski definition) is 0. The van der Waals surface area contributed by atoms with Crippen LogP contribution in [0.15, 0.2) is 12.5 Å². The Hall–Kier alpha value is -1.28. The van der Waals surface area contributed by atoms with Crippen LogP contribution in [-0.4, -0.2) is 67.0 Å². The lowest BCUT2D eigenvalue weighted by Crippen LogP contribution is -2.50. The van der Waals surface area contributed by atoms with Crippen molar-refractivity contribution in [3.8, 4) is 0 Å². The number of fused-ring (bicyclic) bond motifs is 1. The molecule has 4 heterocycles. The lowest BCUT2D eigenvalue weighted by Gasteiger charge is -2.40. The molecule has 0 amide bonds. The normalized spacial score (nSPS) is 30.4. The van der Waals surface area contributed by atoms with Crippen LogP contribution in [0, 0.1) is 17.7 Å². The van der Waals surface area contributed by atoms with Crippen LogP contribution in [0.3, 0.4) is 0 Å². The fourth-order valence-corrected chi connectivity index (χ4v) is 6.23. The lowest BCUT2D eigenvalue weighted by atomic mass is 9.91. The Bertz CT molecular complexity index is 715. The van der Waals surface area contributed by atoms with E-state index in [1.54, 1.807) is 0 Å². The Kier molecular flexibility index (Phi) is 4.66. The van der Waals surface area contributed by atoms with Crippen molar-refractivity contribution < 1.29 is 12.8 Å². The van der Waals surface area contributed by atoms with E-state index in [9.17, 15) is 12.8 Å². The van der Waals surface area contributed by atoms with Crippen molar-refractivity contribution in [2.75, 3.05) is 42.6 Å². The molecule has 2 atom stereocenters. The predicted octanol–water partition coefficient (Wildman–Crippen LogP) is 1.34. The zero-order chi connectivity index (χ0) is 17.4. The molecular weight excluding hydrogens is 343 g/mol. The molecule has 138 valence electrons. The second-order valence-corrected chi connectivity index (χ2v) is 9.94. The third-order valence-electron chi connectivity index (χ3n) is 6.09. The Morgan fingerprint density at radius 1 is 1.16 bits per heavy atom. The van der Waals surface area contributed by atoms with E-state index >= 15 is 0 Å². The smallest absolute Gasteiger partial charge is 0.183 e. The van der Waals surface area contributed by atoms with E-state index in [0.29, 0.717) is 35.2 Å². The zero-order valence-corrected chi connectivity index (χ0v) is 15.2. The highest BCUT2D eigenvalue weighted by molar-refractivity contribution is 7.91. The summed E-state index contributed by atoms with van der Waals surface area (Å²) in [6, 6.07) is 0.418. The fourth-order valence-electron chi connectivity index (χ4n) is 4.64. The minimum Gasteiger partial charge on any atom is -0.352 e. The summed E-state index contributed by atoms with van der Waals surface area (Å²) in [5.74, 6) is 1.84. The molecule has 3 aliphatic rings. The van der Waals surface area contributed by atoms with Crippen LogP contribution in [0.25, 0.3) is 0 Å². The molecule has 1 aromatic rings. The monoisotopic (exact) mass is 368 g/mol. The van der Waals surface area contributed by atoms with Crippen LogP contribution in [0.1, 0.15) is 25.7 Å². The van der Waals surface area contributed by atoms with Gasteiger partial charge in [0, 0.05) is 25.7 Å². The quantitative estimate of drug-likeness (QED) is 0.802. The Morgan fingerprint density at radius 2 is 1.92 bits per heavy atom. The first-order valence-electron chi connectivity index (χ1n) is 9.17. The SMILES string of the molecule is O=S1(=O)CCC(CN2CCC3CCN(c4ncncc4F)CC32)CC1. The molecule has 0 saturated carbocycles. The molecule has 0 bridgehead atoms. The summed E-state index contributed by atoms with van der Waals surface area (Å²) in [6.45, 7) is 3.67. The highest BCUT2D eigenvalue weighted by atomic mass is 32.2. The maximum Gasteiger partial charge on any atom is 0.183 e. The van der Waals surface area contributed by atoms with Crippen LogP contribution in [-0.2, 0) is 9.84 Å². The standard InChI is InChI=1S/C17H25FN4O2S/c18-15-9-19-12-20-17(15)22-6-2-14-1-5-21(16(14)11-22)10-13-3-7-25(23,24)8-4-13/h9,12-14,16H,1-8,10-11H2. The zero-order valence-electron chi connectivity index (χ0n) is 14.3. The van der Waals surface area contributed by atoms with Gasteiger partial charge in [-0.2, -0.15) is 0 Å². The fraction of sp³-hybridized carbons (Fsp3) is 0.765. The minimum atomic E-state index is -2.80. The van der Waals surface area contributed by atoms with Crippen molar-refractivity contribution >= 4 is 15.7 Å². The number of nitrogens with zero attached hydrogens (tertiary/aromatic N) is 4. The topological polar surface area (TPSA) is 66.4 Å². The molecule has 25 heavy (non-hydrogen) atoms. The van der Waals surface area contributed by atoms with Gasteiger partial charge in [0.2, 0.25) is 0 Å². The van der Waals surface area contributed by atoms with Gasteiger partial charge in [0.15, 0.2) is 11.6 Å². The summed E-state index contributed by atoms with van der Waals surface area (Å²) >= 11 is 0. The van der Waals surface area contributed by atoms with Crippen molar-refractivity contribution in [3.63, 3.8) is 0 Å². The van der Waals surface area contributed by atoms with Gasteiger partial charge in [-0.25, -0.2) is 22.8 Å². The molecule has 0 aliphatic carbocycles. The number of sulfone groups is 1. The van der Waals surface area contributed by atoms with Gasteiger partial charge in [0.05, 0.1) is 17.7 Å². The second kappa shape index (κ2) is 6.79. The lowest BCUT2D eigenvalue weighted by molar-refractivity contribution is 0.175. The summed E-state index contributed by atoms with van der Waals surface area (Å²) in [7, 11) is -2.80. The van der Waals surface area contributed by atoms with Gasteiger partial charge in [0.25, 0.3) is 0 Å². The Morgan fingerprint density at radius 3 is 2.68 bits per heavy atom.